The molecule has 1 heterocycles. The molecule has 8 heteroatoms. The number of halogens is 1. The lowest BCUT2D eigenvalue weighted by molar-refractivity contribution is -0.122. The Kier molecular flexibility index (Phi) is 6.80. The van der Waals surface area contributed by atoms with Crippen LogP contribution in [0.15, 0.2) is 58.9 Å². The third kappa shape index (κ3) is 4.96. The van der Waals surface area contributed by atoms with Crippen molar-refractivity contribution < 1.29 is 19.5 Å². The van der Waals surface area contributed by atoms with E-state index in [0.717, 1.165) is 10.9 Å². The molecule has 1 saturated carbocycles. The van der Waals surface area contributed by atoms with Crippen molar-refractivity contribution in [1.82, 2.24) is 10.3 Å². The average Bonchev–Trinajstić information content (AvgIpc) is 3.38. The van der Waals surface area contributed by atoms with Crippen LogP contribution in [-0.4, -0.2) is 33.7 Å². The number of aliphatic hydroxyl groups excluding tert-OH is 1. The number of carbonyl (C=O) groups is 3. The number of carbonyl (C=O) groups excluding carboxylic acids is 3. The van der Waals surface area contributed by atoms with Gasteiger partial charge in [-0.05, 0) is 49.1 Å². The molecule has 2 amide bonds. The smallest absolute Gasteiger partial charge is 0.267 e. The van der Waals surface area contributed by atoms with Crippen LogP contribution in [0.4, 0.5) is 0 Å². The first-order chi connectivity index (χ1) is 14.7. The Bertz CT molecular complexity index is 1060. The van der Waals surface area contributed by atoms with Crippen LogP contribution in [0.3, 0.4) is 0 Å². The molecule has 1 fully saturated rings. The zero-order chi connectivity index (χ0) is 22.7. The van der Waals surface area contributed by atoms with Crippen molar-refractivity contribution in [2.24, 2.45) is 11.7 Å². The molecule has 1 aromatic carbocycles. The number of amides is 2. The molecule has 0 aliphatic heterocycles. The average molecular weight is 486 g/mol. The molecule has 7 nitrogen and oxygen atoms in total. The molecule has 1 aromatic heterocycles. The van der Waals surface area contributed by atoms with E-state index in [-0.39, 0.29) is 34.5 Å². The molecule has 0 spiro atoms. The van der Waals surface area contributed by atoms with Gasteiger partial charge in [0.25, 0.3) is 5.91 Å². The maximum Gasteiger partial charge on any atom is 0.267 e. The Morgan fingerprint density at radius 3 is 2.48 bits per heavy atom. The number of hydrogen-bond donors (Lipinski definition) is 4. The van der Waals surface area contributed by atoms with E-state index in [4.69, 9.17) is 5.73 Å². The minimum Gasteiger partial charge on any atom is -0.512 e. The topological polar surface area (TPSA) is 125 Å². The SMILES string of the molecule is C=C(/C(C(=O)c1c[nH]c(C(=O)N[C@H]2CCC[C@H]2C(N)=O)c1)=C(/C)O)c1ccc(Br)cc1. The predicted octanol–water partition coefficient (Wildman–Crippen LogP) is 3.89. The minimum atomic E-state index is -0.459. The van der Waals surface area contributed by atoms with Crippen LogP contribution in [0.2, 0.25) is 0 Å². The van der Waals surface area contributed by atoms with E-state index in [0.29, 0.717) is 24.0 Å². The number of primary amides is 1. The first kappa shape index (κ1) is 22.6. The molecular formula is C23H24BrN3O4. The van der Waals surface area contributed by atoms with Gasteiger partial charge in [-0.2, -0.15) is 0 Å². The lowest BCUT2D eigenvalue weighted by Gasteiger charge is -2.17. The molecule has 162 valence electrons. The molecule has 5 N–H and O–H groups in total. The van der Waals surface area contributed by atoms with E-state index in [1.54, 1.807) is 12.1 Å². The third-order valence-electron chi connectivity index (χ3n) is 5.47. The zero-order valence-electron chi connectivity index (χ0n) is 17.1. The van der Waals surface area contributed by atoms with Gasteiger partial charge in [0.15, 0.2) is 5.78 Å². The summed E-state index contributed by atoms with van der Waals surface area (Å²) in [6.07, 6.45) is 3.55. The highest BCUT2D eigenvalue weighted by atomic mass is 79.9. The Balaban J connectivity index is 1.78. The van der Waals surface area contributed by atoms with Gasteiger partial charge in [-0.3, -0.25) is 14.4 Å². The van der Waals surface area contributed by atoms with Gasteiger partial charge in [0.1, 0.15) is 11.5 Å². The van der Waals surface area contributed by atoms with E-state index < -0.39 is 17.6 Å². The number of benzene rings is 1. The maximum atomic E-state index is 13.1. The molecule has 0 bridgehead atoms. The van der Waals surface area contributed by atoms with Crippen LogP contribution in [0, 0.1) is 5.92 Å². The summed E-state index contributed by atoms with van der Waals surface area (Å²) >= 11 is 3.36. The highest BCUT2D eigenvalue weighted by Crippen LogP contribution is 2.28. The van der Waals surface area contributed by atoms with Crippen molar-refractivity contribution in [2.45, 2.75) is 32.2 Å². The lowest BCUT2D eigenvalue weighted by Crippen LogP contribution is -2.42. The molecule has 31 heavy (non-hydrogen) atoms. The summed E-state index contributed by atoms with van der Waals surface area (Å²) in [7, 11) is 0. The quantitative estimate of drug-likeness (QED) is 0.205. The van der Waals surface area contributed by atoms with Crippen LogP contribution in [-0.2, 0) is 4.79 Å². The summed E-state index contributed by atoms with van der Waals surface area (Å²) in [5, 5.41) is 13.0. The number of aromatic amines is 1. The number of H-pyrrole nitrogens is 1. The molecule has 2 aromatic rings. The number of aromatic nitrogens is 1. The van der Waals surface area contributed by atoms with Gasteiger partial charge in [0.2, 0.25) is 5.91 Å². The monoisotopic (exact) mass is 485 g/mol. The van der Waals surface area contributed by atoms with Crippen LogP contribution >= 0.6 is 15.9 Å². The van der Waals surface area contributed by atoms with Crippen molar-refractivity contribution in [3.05, 3.63) is 75.7 Å². The van der Waals surface area contributed by atoms with Crippen LogP contribution in [0.1, 0.15) is 52.6 Å². The highest BCUT2D eigenvalue weighted by molar-refractivity contribution is 9.10. The van der Waals surface area contributed by atoms with E-state index >= 15 is 0 Å². The Morgan fingerprint density at radius 2 is 1.87 bits per heavy atom. The van der Waals surface area contributed by atoms with E-state index in [1.807, 2.05) is 12.1 Å². The summed E-state index contributed by atoms with van der Waals surface area (Å²) in [5.41, 5.74) is 6.94. The molecular weight excluding hydrogens is 462 g/mol. The normalized spacial score (nSPS) is 18.9. The van der Waals surface area contributed by atoms with Crippen molar-refractivity contribution >= 4 is 39.1 Å². The first-order valence-corrected chi connectivity index (χ1v) is 10.7. The van der Waals surface area contributed by atoms with Crippen molar-refractivity contribution in [3.63, 3.8) is 0 Å². The second-order valence-electron chi connectivity index (χ2n) is 7.60. The molecule has 0 unspecified atom stereocenters. The number of ketones is 1. The van der Waals surface area contributed by atoms with Gasteiger partial charge >= 0.3 is 0 Å². The van der Waals surface area contributed by atoms with Crippen molar-refractivity contribution in [3.8, 4) is 0 Å². The number of nitrogens with two attached hydrogens (primary N) is 1. The fourth-order valence-corrected chi connectivity index (χ4v) is 4.10. The van der Waals surface area contributed by atoms with Gasteiger partial charge in [0.05, 0.1) is 11.5 Å². The number of aliphatic hydroxyl groups is 1. The minimum absolute atomic E-state index is 0.0675. The van der Waals surface area contributed by atoms with Crippen LogP contribution < -0.4 is 11.1 Å². The number of rotatable bonds is 7. The maximum absolute atomic E-state index is 13.1. The van der Waals surface area contributed by atoms with Crippen molar-refractivity contribution in [1.29, 1.82) is 0 Å². The molecule has 2 atom stereocenters. The fraction of sp³-hybridized carbons (Fsp3) is 0.261. The number of nitrogens with one attached hydrogen (secondary N) is 2. The molecule has 0 radical (unpaired) electrons. The summed E-state index contributed by atoms with van der Waals surface area (Å²) in [4.78, 5) is 40.0. The standard InChI is InChI=1S/C23H24BrN3O4/c1-12(14-6-8-16(24)9-7-14)20(13(2)28)21(29)15-10-19(26-11-15)23(31)27-18-5-3-4-17(18)22(25)30/h6-11,17-18,26,28H,1,3-5H2,2H3,(H2,25,30)(H,27,31)/b20-13+/t17-,18+/m1/s1. The van der Waals surface area contributed by atoms with Crippen molar-refractivity contribution in [2.75, 3.05) is 0 Å². The highest BCUT2D eigenvalue weighted by Gasteiger charge is 2.33. The largest absolute Gasteiger partial charge is 0.512 e. The number of hydrogen-bond acceptors (Lipinski definition) is 4. The van der Waals surface area contributed by atoms with E-state index in [2.05, 4.69) is 32.8 Å². The molecule has 1 aliphatic carbocycles. The zero-order valence-corrected chi connectivity index (χ0v) is 18.7. The molecule has 3 rings (SSSR count). The lowest BCUT2D eigenvalue weighted by atomic mass is 9.93. The molecule has 0 saturated heterocycles. The predicted molar refractivity (Wildman–Crippen MR) is 121 cm³/mol. The van der Waals surface area contributed by atoms with Crippen LogP contribution in [0.5, 0.6) is 0 Å². The summed E-state index contributed by atoms with van der Waals surface area (Å²) < 4.78 is 0.878. The first-order valence-electron chi connectivity index (χ1n) is 9.87. The van der Waals surface area contributed by atoms with Gasteiger partial charge in [-0.25, -0.2) is 0 Å². The van der Waals surface area contributed by atoms with Gasteiger partial charge in [-0.1, -0.05) is 41.1 Å². The summed E-state index contributed by atoms with van der Waals surface area (Å²) in [6, 6.07) is 8.31. The van der Waals surface area contributed by atoms with E-state index in [1.165, 1.54) is 19.2 Å². The summed E-state index contributed by atoms with van der Waals surface area (Å²) in [6.45, 7) is 5.39. The van der Waals surface area contributed by atoms with Gasteiger partial charge < -0.3 is 21.1 Å². The Labute approximate surface area is 188 Å². The second kappa shape index (κ2) is 9.34. The fourth-order valence-electron chi connectivity index (χ4n) is 3.84. The Hall–Kier alpha value is -3.13. The van der Waals surface area contributed by atoms with Gasteiger partial charge in [0, 0.05) is 22.3 Å². The number of allylic oxidation sites excluding steroid dienone is 3. The Morgan fingerprint density at radius 1 is 1.19 bits per heavy atom. The third-order valence-corrected chi connectivity index (χ3v) is 6.00. The number of Topliss-reactive ketones (excluding diaryl/α,β-unsaturated/α-hetero) is 1. The summed E-state index contributed by atoms with van der Waals surface area (Å²) in [5.74, 6) is -1.86. The van der Waals surface area contributed by atoms with Gasteiger partial charge in [-0.15, -0.1) is 0 Å². The van der Waals surface area contributed by atoms with E-state index in [9.17, 15) is 19.5 Å². The van der Waals surface area contributed by atoms with Crippen LogP contribution in [0.25, 0.3) is 5.57 Å². The second-order valence-corrected chi connectivity index (χ2v) is 8.51. The molecule has 1 aliphatic rings.